The number of halogens is 2. The van der Waals surface area contributed by atoms with Gasteiger partial charge in [0, 0.05) is 24.5 Å². The minimum absolute atomic E-state index is 0.0156. The number of carbonyl (C=O) groups excluding carboxylic acids is 1. The smallest absolute Gasteiger partial charge is 0.220 e. The molecule has 0 fully saturated rings. The van der Waals surface area contributed by atoms with E-state index in [0.717, 1.165) is 16.9 Å². The summed E-state index contributed by atoms with van der Waals surface area (Å²) in [5.74, 6) is 3.44. The van der Waals surface area contributed by atoms with Crippen LogP contribution in [-0.2, 0) is 36.2 Å². The van der Waals surface area contributed by atoms with Crippen molar-refractivity contribution in [1.82, 2.24) is 14.9 Å². The molecule has 1 amide bonds. The Bertz CT molecular complexity index is 885. The van der Waals surface area contributed by atoms with Gasteiger partial charge in [0.2, 0.25) is 5.91 Å². The number of aromatic nitrogens is 2. The number of alkyl halides is 1. The van der Waals surface area contributed by atoms with E-state index in [-0.39, 0.29) is 5.91 Å². The average molecular weight is 500 g/mol. The normalized spacial score (nSPS) is 11.1. The van der Waals surface area contributed by atoms with Crippen LogP contribution in [0.15, 0.2) is 18.2 Å². The van der Waals surface area contributed by atoms with Crippen LogP contribution in [0.5, 0.6) is 0 Å². The standard InChI is InChI=1S/C23H31Cl2N3O5/c1-2-9-30-11-13-32-15-16-33-14-12-31-10-7-26-23(29)4-3-8-28-21-6-5-19(25)17-20(21)27-22(28)18-24/h1,5-6,17H,3-4,7-16,18H2,(H,26,29). The number of hydrogen-bond donors (Lipinski definition) is 1. The monoisotopic (exact) mass is 499 g/mol. The molecule has 1 aromatic carbocycles. The number of rotatable bonds is 18. The van der Waals surface area contributed by atoms with Gasteiger partial charge in [0.1, 0.15) is 12.4 Å². The molecule has 0 saturated carbocycles. The maximum Gasteiger partial charge on any atom is 0.220 e. The third-order valence-electron chi connectivity index (χ3n) is 4.56. The second kappa shape index (κ2) is 16.7. The zero-order chi connectivity index (χ0) is 23.7. The summed E-state index contributed by atoms with van der Waals surface area (Å²) in [7, 11) is 0. The molecular weight excluding hydrogens is 469 g/mol. The number of nitrogens with one attached hydrogen (secondary N) is 1. The maximum absolute atomic E-state index is 12.1. The van der Waals surface area contributed by atoms with Crippen molar-refractivity contribution < 1.29 is 23.7 Å². The van der Waals surface area contributed by atoms with E-state index in [2.05, 4.69) is 16.2 Å². The van der Waals surface area contributed by atoms with E-state index in [1.165, 1.54) is 0 Å². The van der Waals surface area contributed by atoms with Crippen molar-refractivity contribution in [2.24, 2.45) is 0 Å². The van der Waals surface area contributed by atoms with Crippen molar-refractivity contribution in [1.29, 1.82) is 0 Å². The first kappa shape index (κ1) is 27.4. The van der Waals surface area contributed by atoms with Crippen LogP contribution >= 0.6 is 23.2 Å². The Kier molecular flexibility index (Phi) is 13.9. The third-order valence-corrected chi connectivity index (χ3v) is 5.04. The van der Waals surface area contributed by atoms with Gasteiger partial charge < -0.3 is 28.8 Å². The number of fused-ring (bicyclic) bond motifs is 1. The first-order chi connectivity index (χ1) is 16.2. The molecule has 0 aliphatic heterocycles. The molecule has 0 atom stereocenters. The van der Waals surface area contributed by atoms with Gasteiger partial charge in [-0.3, -0.25) is 4.79 Å². The SMILES string of the molecule is C#CCOCCOCCOCCOCCNC(=O)CCCn1c(CCl)nc2cc(Cl)ccc21. The van der Waals surface area contributed by atoms with Crippen LogP contribution in [0.1, 0.15) is 18.7 Å². The molecule has 182 valence electrons. The molecule has 0 aliphatic rings. The number of ether oxygens (including phenoxy) is 4. The maximum atomic E-state index is 12.1. The lowest BCUT2D eigenvalue weighted by atomic mass is 10.2. The molecular formula is C23H31Cl2N3O5. The van der Waals surface area contributed by atoms with E-state index < -0.39 is 0 Å². The molecule has 0 radical (unpaired) electrons. The van der Waals surface area contributed by atoms with Crippen molar-refractivity contribution in [2.75, 3.05) is 59.4 Å². The number of amides is 1. The van der Waals surface area contributed by atoms with Gasteiger partial charge >= 0.3 is 0 Å². The van der Waals surface area contributed by atoms with Crippen LogP contribution < -0.4 is 5.32 Å². The van der Waals surface area contributed by atoms with E-state index in [1.54, 1.807) is 0 Å². The molecule has 1 heterocycles. The van der Waals surface area contributed by atoms with Crippen molar-refractivity contribution in [3.63, 3.8) is 0 Å². The van der Waals surface area contributed by atoms with Crippen LogP contribution in [-0.4, -0.2) is 74.9 Å². The Morgan fingerprint density at radius 3 is 2.39 bits per heavy atom. The summed E-state index contributed by atoms with van der Waals surface area (Å²) in [6.07, 6.45) is 6.15. The van der Waals surface area contributed by atoms with Crippen molar-refractivity contribution in [3.8, 4) is 12.3 Å². The lowest BCUT2D eigenvalue weighted by Gasteiger charge is -2.09. The van der Waals surface area contributed by atoms with Crippen LogP contribution in [0, 0.1) is 12.3 Å². The Labute approximate surface area is 204 Å². The van der Waals surface area contributed by atoms with Gasteiger partial charge in [0.25, 0.3) is 0 Å². The van der Waals surface area contributed by atoms with Gasteiger partial charge in [-0.15, -0.1) is 18.0 Å². The number of benzene rings is 1. The predicted molar refractivity (Wildman–Crippen MR) is 129 cm³/mol. The van der Waals surface area contributed by atoms with Crippen molar-refractivity contribution in [2.45, 2.75) is 25.3 Å². The molecule has 8 nitrogen and oxygen atoms in total. The van der Waals surface area contributed by atoms with Gasteiger partial charge in [0.15, 0.2) is 0 Å². The minimum atomic E-state index is -0.0156. The molecule has 1 N–H and O–H groups in total. The number of carbonyl (C=O) groups is 1. The molecule has 2 rings (SSSR count). The van der Waals surface area contributed by atoms with Crippen molar-refractivity contribution in [3.05, 3.63) is 29.0 Å². The largest absolute Gasteiger partial charge is 0.377 e. The summed E-state index contributed by atoms with van der Waals surface area (Å²) in [5.41, 5.74) is 1.77. The molecule has 1 aromatic heterocycles. The van der Waals surface area contributed by atoms with Crippen LogP contribution in [0.2, 0.25) is 5.02 Å². The Morgan fingerprint density at radius 1 is 1.06 bits per heavy atom. The zero-order valence-corrected chi connectivity index (χ0v) is 20.2. The van der Waals surface area contributed by atoms with E-state index >= 15 is 0 Å². The second-order valence-electron chi connectivity index (χ2n) is 6.99. The Hall–Kier alpha value is -1.86. The van der Waals surface area contributed by atoms with Gasteiger partial charge in [-0.05, 0) is 24.6 Å². The number of aryl methyl sites for hydroxylation is 1. The van der Waals surface area contributed by atoms with Gasteiger partial charge in [-0.2, -0.15) is 0 Å². The van der Waals surface area contributed by atoms with Crippen LogP contribution in [0.3, 0.4) is 0 Å². The topological polar surface area (TPSA) is 83.8 Å². The fraction of sp³-hybridized carbons (Fsp3) is 0.565. The zero-order valence-electron chi connectivity index (χ0n) is 18.7. The highest BCUT2D eigenvalue weighted by atomic mass is 35.5. The summed E-state index contributed by atoms with van der Waals surface area (Å²) in [6.45, 7) is 4.71. The van der Waals surface area contributed by atoms with E-state index in [1.807, 2.05) is 22.8 Å². The molecule has 0 spiro atoms. The van der Waals surface area contributed by atoms with E-state index in [0.29, 0.717) is 89.7 Å². The first-order valence-corrected chi connectivity index (χ1v) is 11.8. The summed E-state index contributed by atoms with van der Waals surface area (Å²) < 4.78 is 23.3. The third kappa shape index (κ3) is 10.7. The highest BCUT2D eigenvalue weighted by molar-refractivity contribution is 6.31. The van der Waals surface area contributed by atoms with Crippen molar-refractivity contribution >= 4 is 40.1 Å². The minimum Gasteiger partial charge on any atom is -0.377 e. The van der Waals surface area contributed by atoms with E-state index in [9.17, 15) is 4.79 Å². The highest BCUT2D eigenvalue weighted by Crippen LogP contribution is 2.22. The van der Waals surface area contributed by atoms with Gasteiger partial charge in [0.05, 0.1) is 63.2 Å². The number of terminal acetylenes is 1. The average Bonchev–Trinajstić information content (AvgIpc) is 3.16. The number of nitrogens with zero attached hydrogens (tertiary/aromatic N) is 2. The number of imidazole rings is 1. The van der Waals surface area contributed by atoms with Gasteiger partial charge in [-0.1, -0.05) is 17.5 Å². The lowest BCUT2D eigenvalue weighted by molar-refractivity contribution is -0.121. The summed E-state index contributed by atoms with van der Waals surface area (Å²) in [4.78, 5) is 16.6. The molecule has 2 aromatic rings. The number of hydrogen-bond acceptors (Lipinski definition) is 6. The summed E-state index contributed by atoms with van der Waals surface area (Å²) >= 11 is 12.1. The van der Waals surface area contributed by atoms with Crippen LogP contribution in [0.4, 0.5) is 0 Å². The molecule has 0 unspecified atom stereocenters. The fourth-order valence-corrected chi connectivity index (χ4v) is 3.41. The lowest BCUT2D eigenvalue weighted by Crippen LogP contribution is -2.27. The van der Waals surface area contributed by atoms with Gasteiger partial charge in [-0.25, -0.2) is 4.98 Å². The Morgan fingerprint density at radius 2 is 1.73 bits per heavy atom. The molecule has 0 bridgehead atoms. The predicted octanol–water partition coefficient (Wildman–Crippen LogP) is 3.02. The van der Waals surface area contributed by atoms with Crippen LogP contribution in [0.25, 0.3) is 11.0 Å². The quantitative estimate of drug-likeness (QED) is 0.193. The fourth-order valence-electron chi connectivity index (χ4n) is 3.04. The molecule has 10 heteroatoms. The Balaban J connectivity index is 1.47. The second-order valence-corrected chi connectivity index (χ2v) is 7.70. The van der Waals surface area contributed by atoms with E-state index in [4.69, 9.17) is 48.6 Å². The molecule has 0 aliphatic carbocycles. The highest BCUT2D eigenvalue weighted by Gasteiger charge is 2.11. The molecule has 33 heavy (non-hydrogen) atoms. The summed E-state index contributed by atoms with van der Waals surface area (Å²) in [5, 5.41) is 3.49. The first-order valence-electron chi connectivity index (χ1n) is 10.9. The molecule has 0 saturated heterocycles. The summed E-state index contributed by atoms with van der Waals surface area (Å²) in [6, 6.07) is 5.56.